The fraction of sp³-hybridized carbons (Fsp3) is 0.500. The van der Waals surface area contributed by atoms with E-state index >= 15 is 0 Å². The number of hydrogen-bond acceptors (Lipinski definition) is 3. The summed E-state index contributed by atoms with van der Waals surface area (Å²) in [6, 6.07) is 8.11. The molecule has 0 radical (unpaired) electrons. The number of hydrogen-bond donors (Lipinski definition) is 2. The number of carbonyl (C=O) groups is 1. The van der Waals surface area contributed by atoms with Gasteiger partial charge in [-0.2, -0.15) is 0 Å². The van der Waals surface area contributed by atoms with Gasteiger partial charge in [0.25, 0.3) is 0 Å². The van der Waals surface area contributed by atoms with Gasteiger partial charge < -0.3 is 15.4 Å². The zero-order valence-electron chi connectivity index (χ0n) is 11.3. The quantitative estimate of drug-likeness (QED) is 0.774. The third-order valence-electron chi connectivity index (χ3n) is 2.53. The molecule has 0 aliphatic rings. The molecule has 100 valence electrons. The maximum Gasteiger partial charge on any atom is 0.221 e. The molecule has 0 unspecified atom stereocenters. The standard InChI is InChI=1S/C14H22N2O2/c1-11(2)15-8-7-14(17)16-10-12-5-4-6-13(9-12)18-3/h4-6,9,11,15H,7-8,10H2,1-3H3,(H,16,17). The summed E-state index contributed by atoms with van der Waals surface area (Å²) in [4.78, 5) is 11.6. The number of ether oxygens (including phenoxy) is 1. The first kappa shape index (κ1) is 14.5. The third-order valence-corrected chi connectivity index (χ3v) is 2.53. The van der Waals surface area contributed by atoms with Crippen molar-refractivity contribution < 1.29 is 9.53 Å². The normalized spacial score (nSPS) is 10.4. The molecule has 1 amide bonds. The van der Waals surface area contributed by atoms with Gasteiger partial charge in [0.05, 0.1) is 7.11 Å². The second-order valence-corrected chi connectivity index (χ2v) is 4.49. The first-order valence-corrected chi connectivity index (χ1v) is 6.25. The van der Waals surface area contributed by atoms with Crippen LogP contribution in [0.1, 0.15) is 25.8 Å². The van der Waals surface area contributed by atoms with E-state index in [9.17, 15) is 4.79 Å². The second kappa shape index (κ2) is 7.71. The highest BCUT2D eigenvalue weighted by Gasteiger charge is 2.02. The molecule has 0 atom stereocenters. The van der Waals surface area contributed by atoms with Crippen LogP contribution in [0, 0.1) is 0 Å². The van der Waals surface area contributed by atoms with Crippen molar-refractivity contribution in [2.24, 2.45) is 0 Å². The van der Waals surface area contributed by atoms with Crippen LogP contribution in [0.4, 0.5) is 0 Å². The lowest BCUT2D eigenvalue weighted by atomic mass is 10.2. The van der Waals surface area contributed by atoms with E-state index in [1.165, 1.54) is 0 Å². The minimum absolute atomic E-state index is 0.0611. The lowest BCUT2D eigenvalue weighted by Gasteiger charge is -2.09. The van der Waals surface area contributed by atoms with Crippen LogP contribution in [0.5, 0.6) is 5.75 Å². The van der Waals surface area contributed by atoms with Gasteiger partial charge in [-0.25, -0.2) is 0 Å². The SMILES string of the molecule is COc1cccc(CNC(=O)CCNC(C)C)c1. The van der Waals surface area contributed by atoms with Crippen LogP contribution in [0.2, 0.25) is 0 Å². The Morgan fingerprint density at radius 1 is 1.39 bits per heavy atom. The Morgan fingerprint density at radius 2 is 2.17 bits per heavy atom. The summed E-state index contributed by atoms with van der Waals surface area (Å²) in [6.45, 7) is 5.38. The second-order valence-electron chi connectivity index (χ2n) is 4.49. The van der Waals surface area contributed by atoms with Crippen LogP contribution in [0.3, 0.4) is 0 Å². The third kappa shape index (κ3) is 5.68. The van der Waals surface area contributed by atoms with Crippen LogP contribution in [0.15, 0.2) is 24.3 Å². The molecule has 1 rings (SSSR count). The smallest absolute Gasteiger partial charge is 0.221 e. The van der Waals surface area contributed by atoms with Crippen molar-refractivity contribution in [1.82, 2.24) is 10.6 Å². The Labute approximate surface area is 109 Å². The highest BCUT2D eigenvalue weighted by molar-refractivity contribution is 5.76. The summed E-state index contributed by atoms with van der Waals surface area (Å²) in [5.41, 5.74) is 1.04. The van der Waals surface area contributed by atoms with Gasteiger partial charge in [0, 0.05) is 25.6 Å². The van der Waals surface area contributed by atoms with E-state index in [0.717, 1.165) is 11.3 Å². The zero-order valence-corrected chi connectivity index (χ0v) is 11.3. The van der Waals surface area contributed by atoms with Crippen molar-refractivity contribution in [3.05, 3.63) is 29.8 Å². The van der Waals surface area contributed by atoms with Gasteiger partial charge in [-0.1, -0.05) is 26.0 Å². The monoisotopic (exact) mass is 250 g/mol. The van der Waals surface area contributed by atoms with E-state index in [1.54, 1.807) is 7.11 Å². The number of benzene rings is 1. The van der Waals surface area contributed by atoms with E-state index < -0.39 is 0 Å². The molecule has 0 fully saturated rings. The molecule has 0 saturated carbocycles. The van der Waals surface area contributed by atoms with Gasteiger partial charge in [-0.05, 0) is 17.7 Å². The predicted octanol–water partition coefficient (Wildman–Crippen LogP) is 1.70. The molecule has 0 aliphatic heterocycles. The summed E-state index contributed by atoms with van der Waals surface area (Å²) >= 11 is 0. The Morgan fingerprint density at radius 3 is 2.83 bits per heavy atom. The summed E-state index contributed by atoms with van der Waals surface area (Å²) in [6.07, 6.45) is 0.502. The van der Waals surface area contributed by atoms with Crippen molar-refractivity contribution in [3.8, 4) is 5.75 Å². The average Bonchev–Trinajstić information content (AvgIpc) is 2.36. The molecular formula is C14H22N2O2. The largest absolute Gasteiger partial charge is 0.497 e. The Hall–Kier alpha value is -1.55. The highest BCUT2D eigenvalue weighted by atomic mass is 16.5. The lowest BCUT2D eigenvalue weighted by Crippen LogP contribution is -2.30. The molecule has 0 aromatic heterocycles. The maximum atomic E-state index is 11.6. The van der Waals surface area contributed by atoms with E-state index in [1.807, 2.05) is 24.3 Å². The van der Waals surface area contributed by atoms with Gasteiger partial charge in [0.2, 0.25) is 5.91 Å². The summed E-state index contributed by atoms with van der Waals surface area (Å²) in [5.74, 6) is 0.870. The maximum absolute atomic E-state index is 11.6. The lowest BCUT2D eigenvalue weighted by molar-refractivity contribution is -0.121. The molecule has 0 aliphatic carbocycles. The first-order valence-electron chi connectivity index (χ1n) is 6.25. The fourth-order valence-corrected chi connectivity index (χ4v) is 1.55. The van der Waals surface area contributed by atoms with E-state index in [2.05, 4.69) is 24.5 Å². The highest BCUT2D eigenvalue weighted by Crippen LogP contribution is 2.11. The molecule has 1 aromatic carbocycles. The van der Waals surface area contributed by atoms with Gasteiger partial charge in [-0.15, -0.1) is 0 Å². The van der Waals surface area contributed by atoms with Crippen LogP contribution in [0.25, 0.3) is 0 Å². The Balaban J connectivity index is 2.29. The Bertz CT molecular complexity index is 378. The molecule has 18 heavy (non-hydrogen) atoms. The van der Waals surface area contributed by atoms with Gasteiger partial charge >= 0.3 is 0 Å². The van der Waals surface area contributed by atoms with E-state index in [4.69, 9.17) is 4.74 Å². The number of carbonyl (C=O) groups excluding carboxylic acids is 1. The number of rotatable bonds is 7. The number of amides is 1. The Kier molecular flexibility index (Phi) is 6.22. The molecule has 0 spiro atoms. The van der Waals surface area contributed by atoms with Crippen molar-refractivity contribution in [1.29, 1.82) is 0 Å². The van der Waals surface area contributed by atoms with Gasteiger partial charge in [0.15, 0.2) is 0 Å². The van der Waals surface area contributed by atoms with Crippen molar-refractivity contribution in [3.63, 3.8) is 0 Å². The van der Waals surface area contributed by atoms with Gasteiger partial charge in [-0.3, -0.25) is 4.79 Å². The molecule has 4 heteroatoms. The summed E-state index contributed by atoms with van der Waals surface area (Å²) < 4.78 is 5.13. The minimum atomic E-state index is 0.0611. The molecule has 0 heterocycles. The molecule has 2 N–H and O–H groups in total. The zero-order chi connectivity index (χ0) is 13.4. The molecule has 1 aromatic rings. The first-order chi connectivity index (χ1) is 8.61. The number of nitrogens with one attached hydrogen (secondary N) is 2. The molecule has 0 bridgehead atoms. The average molecular weight is 250 g/mol. The van der Waals surface area contributed by atoms with Crippen LogP contribution < -0.4 is 15.4 Å². The molecular weight excluding hydrogens is 228 g/mol. The number of methoxy groups -OCH3 is 1. The van der Waals surface area contributed by atoms with Crippen molar-refractivity contribution in [2.45, 2.75) is 32.9 Å². The van der Waals surface area contributed by atoms with Crippen molar-refractivity contribution in [2.75, 3.05) is 13.7 Å². The predicted molar refractivity (Wildman–Crippen MR) is 72.6 cm³/mol. The van der Waals surface area contributed by atoms with Crippen LogP contribution >= 0.6 is 0 Å². The summed E-state index contributed by atoms with van der Waals surface area (Å²) in [5, 5.41) is 6.10. The molecule has 4 nitrogen and oxygen atoms in total. The minimum Gasteiger partial charge on any atom is -0.497 e. The van der Waals surface area contributed by atoms with Crippen molar-refractivity contribution >= 4 is 5.91 Å². The van der Waals surface area contributed by atoms with E-state index in [-0.39, 0.29) is 5.91 Å². The van der Waals surface area contributed by atoms with Crippen LogP contribution in [-0.2, 0) is 11.3 Å². The topological polar surface area (TPSA) is 50.4 Å². The van der Waals surface area contributed by atoms with Gasteiger partial charge in [0.1, 0.15) is 5.75 Å². The van der Waals surface area contributed by atoms with Crippen LogP contribution in [-0.4, -0.2) is 25.6 Å². The molecule has 0 saturated heterocycles. The fourth-order valence-electron chi connectivity index (χ4n) is 1.55. The van der Waals surface area contributed by atoms with E-state index in [0.29, 0.717) is 25.6 Å². The summed E-state index contributed by atoms with van der Waals surface area (Å²) in [7, 11) is 1.63.